The maximum atomic E-state index is 12.4. The highest BCUT2D eigenvalue weighted by atomic mass is 16.3. The number of likely N-dealkylation sites (tertiary alicyclic amines) is 1. The Kier molecular flexibility index (Phi) is 3.60. The number of hydrogen-bond acceptors (Lipinski definition) is 4. The average Bonchev–Trinajstić information content (AvgIpc) is 2.54. The molecule has 0 unspecified atom stereocenters. The van der Waals surface area contributed by atoms with Gasteiger partial charge in [0.25, 0.3) is 5.91 Å². The number of carbonyl (C=O) groups is 1. The van der Waals surface area contributed by atoms with E-state index in [0.717, 1.165) is 23.7 Å². The van der Waals surface area contributed by atoms with Gasteiger partial charge in [0.1, 0.15) is 0 Å². The molecule has 0 radical (unpaired) electrons. The molecule has 104 valence electrons. The minimum absolute atomic E-state index is 0.0209. The Balaban J connectivity index is 1.79. The molecule has 1 saturated heterocycles. The first-order valence-corrected chi connectivity index (χ1v) is 6.88. The predicted octanol–water partition coefficient (Wildman–Crippen LogP) is 1.47. The van der Waals surface area contributed by atoms with Gasteiger partial charge in [-0.1, -0.05) is 0 Å². The van der Waals surface area contributed by atoms with Crippen LogP contribution in [0.1, 0.15) is 23.2 Å². The molecule has 0 saturated carbocycles. The second-order valence-corrected chi connectivity index (χ2v) is 5.21. The molecule has 0 bridgehead atoms. The summed E-state index contributed by atoms with van der Waals surface area (Å²) in [6.07, 6.45) is 6.74. The van der Waals surface area contributed by atoms with Crippen molar-refractivity contribution in [1.82, 2.24) is 14.9 Å². The molecular weight excluding hydrogens is 254 g/mol. The molecule has 5 heteroatoms. The molecule has 3 rings (SSSR count). The lowest BCUT2D eigenvalue weighted by molar-refractivity contribution is 0.0650. The highest BCUT2D eigenvalue weighted by Crippen LogP contribution is 2.19. The summed E-state index contributed by atoms with van der Waals surface area (Å²) in [5, 5.41) is 10.1. The predicted molar refractivity (Wildman–Crippen MR) is 75.3 cm³/mol. The van der Waals surface area contributed by atoms with Gasteiger partial charge < -0.3 is 10.0 Å². The summed E-state index contributed by atoms with van der Waals surface area (Å²) in [6.45, 7) is 1.63. The number of amides is 1. The third-order valence-corrected chi connectivity index (χ3v) is 3.89. The topological polar surface area (TPSA) is 66.3 Å². The number of fused-ring (bicyclic) bond motifs is 1. The number of nitrogens with zero attached hydrogens (tertiary/aromatic N) is 3. The van der Waals surface area contributed by atoms with Gasteiger partial charge in [0.2, 0.25) is 0 Å². The summed E-state index contributed by atoms with van der Waals surface area (Å²) in [7, 11) is 0. The number of rotatable bonds is 2. The lowest BCUT2D eigenvalue weighted by Gasteiger charge is -2.31. The number of hydrogen-bond donors (Lipinski definition) is 1. The molecule has 0 atom stereocenters. The maximum absolute atomic E-state index is 12.4. The van der Waals surface area contributed by atoms with Crippen LogP contribution in [0.15, 0.2) is 30.7 Å². The largest absolute Gasteiger partial charge is 0.396 e. The van der Waals surface area contributed by atoms with Crippen molar-refractivity contribution >= 4 is 16.8 Å². The van der Waals surface area contributed by atoms with Gasteiger partial charge in [0.15, 0.2) is 0 Å². The van der Waals surface area contributed by atoms with Crippen LogP contribution in [0, 0.1) is 5.92 Å². The molecule has 20 heavy (non-hydrogen) atoms. The fraction of sp³-hybridized carbons (Fsp3) is 0.400. The van der Waals surface area contributed by atoms with Crippen molar-refractivity contribution in [2.45, 2.75) is 12.8 Å². The van der Waals surface area contributed by atoms with E-state index in [0.29, 0.717) is 24.6 Å². The van der Waals surface area contributed by atoms with Crippen LogP contribution >= 0.6 is 0 Å². The second kappa shape index (κ2) is 5.54. The lowest BCUT2D eigenvalue weighted by atomic mass is 9.97. The molecule has 1 aliphatic rings. The Morgan fingerprint density at radius 2 is 2.15 bits per heavy atom. The normalized spacial score (nSPS) is 16.6. The van der Waals surface area contributed by atoms with Gasteiger partial charge in [-0.15, -0.1) is 0 Å². The minimum Gasteiger partial charge on any atom is -0.396 e. The van der Waals surface area contributed by atoms with Crippen molar-refractivity contribution in [1.29, 1.82) is 0 Å². The van der Waals surface area contributed by atoms with Crippen molar-refractivity contribution in [2.24, 2.45) is 5.92 Å². The van der Waals surface area contributed by atoms with Crippen LogP contribution in [0.3, 0.4) is 0 Å². The van der Waals surface area contributed by atoms with E-state index in [2.05, 4.69) is 9.97 Å². The van der Waals surface area contributed by atoms with E-state index in [1.807, 2.05) is 17.0 Å². The van der Waals surface area contributed by atoms with Gasteiger partial charge >= 0.3 is 0 Å². The molecule has 2 aromatic heterocycles. The number of aromatic nitrogens is 2. The lowest BCUT2D eigenvalue weighted by Crippen LogP contribution is -2.39. The standard InChI is InChI=1S/C15H17N3O2/c19-10-11-2-5-18(6-3-11)15(20)13-7-12-1-4-16-9-14(12)17-8-13/h1,4,7-9,11,19H,2-3,5-6,10H2. The van der Waals surface area contributed by atoms with E-state index in [4.69, 9.17) is 5.11 Å². The Bertz CT molecular complexity index is 621. The van der Waals surface area contributed by atoms with Crippen LogP contribution in [-0.4, -0.2) is 45.6 Å². The number of piperidine rings is 1. The SMILES string of the molecule is O=C(c1cnc2cnccc2c1)N1CCC(CO)CC1. The Morgan fingerprint density at radius 3 is 2.90 bits per heavy atom. The summed E-state index contributed by atoms with van der Waals surface area (Å²) in [4.78, 5) is 22.6. The van der Waals surface area contributed by atoms with Crippen molar-refractivity contribution in [3.8, 4) is 0 Å². The van der Waals surface area contributed by atoms with Gasteiger partial charge in [0.05, 0.1) is 17.3 Å². The zero-order valence-corrected chi connectivity index (χ0v) is 11.2. The highest BCUT2D eigenvalue weighted by molar-refractivity contribution is 5.97. The smallest absolute Gasteiger partial charge is 0.255 e. The average molecular weight is 271 g/mol. The first-order valence-electron chi connectivity index (χ1n) is 6.88. The third-order valence-electron chi connectivity index (χ3n) is 3.89. The van der Waals surface area contributed by atoms with E-state index < -0.39 is 0 Å². The van der Waals surface area contributed by atoms with Crippen molar-refractivity contribution in [2.75, 3.05) is 19.7 Å². The molecule has 1 fully saturated rings. The second-order valence-electron chi connectivity index (χ2n) is 5.21. The first kappa shape index (κ1) is 13.0. The van der Waals surface area contributed by atoms with Gasteiger partial charge in [-0.2, -0.15) is 0 Å². The number of aliphatic hydroxyl groups is 1. The molecule has 1 amide bonds. The molecule has 0 aliphatic carbocycles. The monoisotopic (exact) mass is 271 g/mol. The van der Waals surface area contributed by atoms with Crippen LogP contribution < -0.4 is 0 Å². The number of pyridine rings is 2. The fourth-order valence-corrected chi connectivity index (χ4v) is 2.59. The third kappa shape index (κ3) is 2.49. The quantitative estimate of drug-likeness (QED) is 0.898. The van der Waals surface area contributed by atoms with E-state index in [1.54, 1.807) is 18.6 Å². The summed E-state index contributed by atoms with van der Waals surface area (Å²) in [5.41, 5.74) is 1.41. The molecule has 1 N–H and O–H groups in total. The Labute approximate surface area is 117 Å². The molecule has 5 nitrogen and oxygen atoms in total. The Morgan fingerprint density at radius 1 is 1.35 bits per heavy atom. The molecule has 2 aromatic rings. The molecule has 1 aliphatic heterocycles. The highest BCUT2D eigenvalue weighted by Gasteiger charge is 2.23. The summed E-state index contributed by atoms with van der Waals surface area (Å²) < 4.78 is 0. The number of aliphatic hydroxyl groups excluding tert-OH is 1. The molecule has 3 heterocycles. The fourth-order valence-electron chi connectivity index (χ4n) is 2.59. The molecular formula is C15H17N3O2. The van der Waals surface area contributed by atoms with E-state index in [1.165, 1.54) is 0 Å². The van der Waals surface area contributed by atoms with Gasteiger partial charge in [-0.05, 0) is 30.9 Å². The van der Waals surface area contributed by atoms with E-state index in [-0.39, 0.29) is 12.5 Å². The minimum atomic E-state index is 0.0209. The summed E-state index contributed by atoms with van der Waals surface area (Å²) in [5.74, 6) is 0.354. The summed E-state index contributed by atoms with van der Waals surface area (Å²) >= 11 is 0. The zero-order valence-electron chi connectivity index (χ0n) is 11.2. The molecule has 0 aromatic carbocycles. The Hall–Kier alpha value is -2.01. The summed E-state index contributed by atoms with van der Waals surface area (Å²) in [6, 6.07) is 3.72. The van der Waals surface area contributed by atoms with Gasteiger partial charge in [-0.3, -0.25) is 14.8 Å². The van der Waals surface area contributed by atoms with E-state index >= 15 is 0 Å². The van der Waals surface area contributed by atoms with Crippen molar-refractivity contribution in [3.63, 3.8) is 0 Å². The van der Waals surface area contributed by atoms with Crippen molar-refractivity contribution < 1.29 is 9.90 Å². The van der Waals surface area contributed by atoms with Crippen LogP contribution in [0.5, 0.6) is 0 Å². The van der Waals surface area contributed by atoms with Crippen LogP contribution in [0.2, 0.25) is 0 Å². The maximum Gasteiger partial charge on any atom is 0.255 e. The van der Waals surface area contributed by atoms with Crippen LogP contribution in [0.4, 0.5) is 0 Å². The first-order chi connectivity index (χ1) is 9.78. The molecule has 0 spiro atoms. The van der Waals surface area contributed by atoms with Gasteiger partial charge in [-0.25, -0.2) is 0 Å². The number of carbonyl (C=O) groups excluding carboxylic acids is 1. The van der Waals surface area contributed by atoms with Crippen LogP contribution in [0.25, 0.3) is 10.9 Å². The van der Waals surface area contributed by atoms with Crippen LogP contribution in [-0.2, 0) is 0 Å². The van der Waals surface area contributed by atoms with E-state index in [9.17, 15) is 4.79 Å². The van der Waals surface area contributed by atoms with Gasteiger partial charge in [0, 0.05) is 37.5 Å². The zero-order chi connectivity index (χ0) is 13.9. The van der Waals surface area contributed by atoms with Crippen molar-refractivity contribution in [3.05, 3.63) is 36.3 Å².